The molecule has 1 atom stereocenters. The molecule has 0 fully saturated rings. The number of ether oxygens (including phenoxy) is 2. The van der Waals surface area contributed by atoms with E-state index in [2.05, 4.69) is 4.99 Å². The van der Waals surface area contributed by atoms with Crippen molar-refractivity contribution in [3.05, 3.63) is 57.1 Å². The number of para-hydroxylation sites is 2. The Bertz CT molecular complexity index is 809. The fourth-order valence-electron chi connectivity index (χ4n) is 2.25. The summed E-state index contributed by atoms with van der Waals surface area (Å²) in [6.45, 7) is 0.572. The number of nitro benzene ring substituents is 1. The van der Waals surface area contributed by atoms with Crippen LogP contribution in [0.1, 0.15) is 5.56 Å². The monoisotopic (exact) mass is 347 g/mol. The van der Waals surface area contributed by atoms with Gasteiger partial charge in [-0.15, -0.1) is 0 Å². The van der Waals surface area contributed by atoms with E-state index in [1.165, 1.54) is 12.3 Å². The largest absolute Gasteiger partial charge is 0.867 e. The van der Waals surface area contributed by atoms with Crippen molar-refractivity contribution in [1.82, 2.24) is 0 Å². The molecule has 8 heteroatoms. The Balaban J connectivity index is 1.71. The molecule has 0 amide bonds. The molecule has 0 spiro atoms. The highest BCUT2D eigenvalue weighted by Gasteiger charge is 2.19. The molecule has 1 aliphatic heterocycles. The average molecular weight is 348 g/mol. The molecule has 1 aliphatic rings. The summed E-state index contributed by atoms with van der Waals surface area (Å²) in [6, 6.07) is 9.65. The number of fused-ring (bicyclic) bond motifs is 1. The normalized spacial score (nSPS) is 16.3. The third kappa shape index (κ3) is 3.41. The second-order valence-corrected chi connectivity index (χ2v) is 5.53. The fraction of sp³-hybridized carbons (Fsp3) is 0.188. The third-order valence-corrected chi connectivity index (χ3v) is 3.58. The summed E-state index contributed by atoms with van der Waals surface area (Å²) in [5.41, 5.74) is -0.513. The maximum absolute atomic E-state index is 12.0. The molecule has 3 rings (SSSR count). The van der Waals surface area contributed by atoms with Gasteiger partial charge in [-0.1, -0.05) is 23.7 Å². The van der Waals surface area contributed by atoms with E-state index in [-0.39, 0.29) is 23.2 Å². The number of halogens is 1. The molecule has 0 bridgehead atoms. The molecule has 2 aromatic rings. The molecule has 0 saturated heterocycles. The number of nitro groups is 1. The highest BCUT2D eigenvalue weighted by Crippen LogP contribution is 2.31. The molecular weight excluding hydrogens is 336 g/mol. The van der Waals surface area contributed by atoms with Gasteiger partial charge < -0.3 is 14.6 Å². The molecule has 2 aromatic carbocycles. The lowest BCUT2D eigenvalue weighted by Gasteiger charge is -2.25. The van der Waals surface area contributed by atoms with Gasteiger partial charge in [-0.2, -0.15) is 0 Å². The van der Waals surface area contributed by atoms with Gasteiger partial charge in [0, 0.05) is 17.3 Å². The molecule has 0 unspecified atom stereocenters. The van der Waals surface area contributed by atoms with Crippen LogP contribution in [0.2, 0.25) is 5.02 Å². The SMILES string of the molecule is O=[N+]([O-])c1cc(Cl)cc(C=NC[C@H]2COc3ccccc3O2)c1[O-]. The molecule has 124 valence electrons. The Kier molecular flexibility index (Phi) is 4.52. The molecule has 1 heterocycles. The van der Waals surface area contributed by atoms with E-state index < -0.39 is 16.4 Å². The van der Waals surface area contributed by atoms with Crippen LogP contribution in [0.4, 0.5) is 5.69 Å². The molecule has 0 aromatic heterocycles. The number of aliphatic imine (C=N–C) groups is 1. The fourth-order valence-corrected chi connectivity index (χ4v) is 2.47. The smallest absolute Gasteiger partial charge is 0.263 e. The summed E-state index contributed by atoms with van der Waals surface area (Å²) < 4.78 is 11.3. The van der Waals surface area contributed by atoms with Gasteiger partial charge in [0.2, 0.25) is 0 Å². The zero-order valence-corrected chi connectivity index (χ0v) is 13.1. The van der Waals surface area contributed by atoms with Crippen molar-refractivity contribution in [3.8, 4) is 17.2 Å². The van der Waals surface area contributed by atoms with Crippen LogP contribution in [0, 0.1) is 10.1 Å². The van der Waals surface area contributed by atoms with Crippen LogP contribution < -0.4 is 14.6 Å². The van der Waals surface area contributed by atoms with Gasteiger partial charge in [-0.05, 0) is 29.5 Å². The van der Waals surface area contributed by atoms with E-state index in [1.54, 1.807) is 6.07 Å². The van der Waals surface area contributed by atoms with Crippen molar-refractivity contribution >= 4 is 23.5 Å². The minimum Gasteiger partial charge on any atom is -0.867 e. The molecule has 0 N–H and O–H groups in total. The van der Waals surface area contributed by atoms with Crippen molar-refractivity contribution in [1.29, 1.82) is 0 Å². The molecule has 0 saturated carbocycles. The number of nitrogens with zero attached hydrogens (tertiary/aromatic N) is 2. The van der Waals surface area contributed by atoms with Gasteiger partial charge >= 0.3 is 0 Å². The van der Waals surface area contributed by atoms with E-state index in [0.29, 0.717) is 18.1 Å². The van der Waals surface area contributed by atoms with Crippen LogP contribution in [-0.4, -0.2) is 30.4 Å². The first-order valence-corrected chi connectivity index (χ1v) is 7.45. The maximum Gasteiger partial charge on any atom is 0.263 e. The summed E-state index contributed by atoms with van der Waals surface area (Å²) in [7, 11) is 0. The quantitative estimate of drug-likeness (QED) is 0.481. The van der Waals surface area contributed by atoms with Crippen molar-refractivity contribution in [3.63, 3.8) is 0 Å². The van der Waals surface area contributed by atoms with Crippen LogP contribution in [0.3, 0.4) is 0 Å². The van der Waals surface area contributed by atoms with Gasteiger partial charge in [0.25, 0.3) is 5.69 Å². The van der Waals surface area contributed by atoms with Gasteiger partial charge in [-0.3, -0.25) is 15.1 Å². The highest BCUT2D eigenvalue weighted by molar-refractivity contribution is 6.31. The Labute approximate surface area is 142 Å². The second-order valence-electron chi connectivity index (χ2n) is 5.09. The minimum atomic E-state index is -0.763. The summed E-state index contributed by atoms with van der Waals surface area (Å²) in [4.78, 5) is 14.2. The standard InChI is InChI=1S/C16H13ClN2O5/c17-11-5-10(16(20)13(6-11)19(21)22)7-18-8-12-9-23-14-3-1-2-4-15(14)24-12/h1-7,12,20H,8-9H2/p-1/t12-/m0/s1. The number of hydrogen-bond acceptors (Lipinski definition) is 6. The Morgan fingerprint density at radius 3 is 2.83 bits per heavy atom. The van der Waals surface area contributed by atoms with E-state index in [1.807, 2.05) is 18.2 Å². The Morgan fingerprint density at radius 1 is 1.33 bits per heavy atom. The maximum atomic E-state index is 12.0. The van der Waals surface area contributed by atoms with Crippen molar-refractivity contribution in [2.75, 3.05) is 13.2 Å². The lowest BCUT2D eigenvalue weighted by Crippen LogP contribution is -2.31. The number of rotatable bonds is 4. The van der Waals surface area contributed by atoms with Crippen LogP contribution in [0.15, 0.2) is 41.4 Å². The summed E-state index contributed by atoms with van der Waals surface area (Å²) >= 11 is 5.80. The van der Waals surface area contributed by atoms with E-state index in [0.717, 1.165) is 6.07 Å². The summed E-state index contributed by atoms with van der Waals surface area (Å²) in [6.07, 6.45) is 0.964. The lowest BCUT2D eigenvalue weighted by molar-refractivity contribution is -0.398. The van der Waals surface area contributed by atoms with Crippen molar-refractivity contribution < 1.29 is 19.5 Å². The van der Waals surface area contributed by atoms with Gasteiger partial charge in [0.1, 0.15) is 6.61 Å². The second kappa shape index (κ2) is 6.76. The van der Waals surface area contributed by atoms with Gasteiger partial charge in [0.15, 0.2) is 17.6 Å². The molecule has 0 aliphatic carbocycles. The van der Waals surface area contributed by atoms with Crippen LogP contribution in [0.25, 0.3) is 0 Å². The Hall–Kier alpha value is -2.80. The Morgan fingerprint density at radius 2 is 2.08 bits per heavy atom. The molecular formula is C16H12ClN2O5-. The highest BCUT2D eigenvalue weighted by atomic mass is 35.5. The predicted octanol–water partition coefficient (Wildman–Crippen LogP) is 2.58. The van der Waals surface area contributed by atoms with Crippen LogP contribution in [-0.2, 0) is 0 Å². The topological polar surface area (TPSA) is 97.0 Å². The predicted molar refractivity (Wildman–Crippen MR) is 86.4 cm³/mol. The average Bonchev–Trinajstić information content (AvgIpc) is 2.57. The van der Waals surface area contributed by atoms with E-state index >= 15 is 0 Å². The first-order chi connectivity index (χ1) is 11.5. The van der Waals surface area contributed by atoms with Crippen molar-refractivity contribution in [2.45, 2.75) is 6.10 Å². The zero-order chi connectivity index (χ0) is 17.1. The van der Waals surface area contributed by atoms with Crippen LogP contribution >= 0.6 is 11.6 Å². The van der Waals surface area contributed by atoms with Crippen LogP contribution in [0.5, 0.6) is 17.2 Å². The third-order valence-electron chi connectivity index (χ3n) is 3.37. The van der Waals surface area contributed by atoms with Gasteiger partial charge in [-0.25, -0.2) is 0 Å². The van der Waals surface area contributed by atoms with E-state index in [9.17, 15) is 15.2 Å². The zero-order valence-electron chi connectivity index (χ0n) is 12.3. The summed E-state index contributed by atoms with van der Waals surface area (Å²) in [5, 5.41) is 22.9. The summed E-state index contributed by atoms with van der Waals surface area (Å²) in [5.74, 6) is 0.580. The molecule has 7 nitrogen and oxygen atoms in total. The first kappa shape index (κ1) is 16.1. The number of benzene rings is 2. The van der Waals surface area contributed by atoms with Crippen molar-refractivity contribution in [2.24, 2.45) is 4.99 Å². The van der Waals surface area contributed by atoms with E-state index in [4.69, 9.17) is 21.1 Å². The number of hydrogen-bond donors (Lipinski definition) is 0. The lowest BCUT2D eigenvalue weighted by atomic mass is 10.2. The molecule has 24 heavy (non-hydrogen) atoms. The first-order valence-electron chi connectivity index (χ1n) is 7.08. The van der Waals surface area contributed by atoms with Gasteiger partial charge in [0.05, 0.1) is 11.5 Å². The minimum absolute atomic E-state index is 0.0614. The molecule has 0 radical (unpaired) electrons.